The molecule has 4 rings (SSSR count). The molecule has 3 aromatic rings. The highest BCUT2D eigenvalue weighted by atomic mass is 35.5. The van der Waals surface area contributed by atoms with Crippen molar-refractivity contribution in [3.63, 3.8) is 0 Å². The summed E-state index contributed by atoms with van der Waals surface area (Å²) in [6, 6.07) is 5.22. The number of halogens is 2. The lowest BCUT2D eigenvalue weighted by Crippen LogP contribution is -2.19. The number of fused-ring (bicyclic) bond motifs is 1. The molecule has 1 fully saturated rings. The van der Waals surface area contributed by atoms with Crippen LogP contribution in [0.15, 0.2) is 29.2 Å². The predicted molar refractivity (Wildman–Crippen MR) is 103 cm³/mol. The van der Waals surface area contributed by atoms with E-state index in [0.717, 1.165) is 31.6 Å². The molecule has 0 radical (unpaired) electrons. The normalized spacial score (nSPS) is 17.1. The fourth-order valence-corrected chi connectivity index (χ4v) is 3.59. The zero-order valence-corrected chi connectivity index (χ0v) is 15.4. The van der Waals surface area contributed by atoms with E-state index in [2.05, 4.69) is 25.6 Å². The summed E-state index contributed by atoms with van der Waals surface area (Å²) in [6.45, 7) is 3.15. The third-order valence-electron chi connectivity index (χ3n) is 4.57. The van der Waals surface area contributed by atoms with Crippen LogP contribution in [0, 0.1) is 5.92 Å². The number of nitrogens with one attached hydrogen (secondary N) is 3. The van der Waals surface area contributed by atoms with Crippen LogP contribution in [-0.2, 0) is 6.54 Å². The van der Waals surface area contributed by atoms with Gasteiger partial charge in [0.1, 0.15) is 5.52 Å². The van der Waals surface area contributed by atoms with Crippen LogP contribution in [0.3, 0.4) is 0 Å². The number of H-pyrrole nitrogens is 1. The van der Waals surface area contributed by atoms with Gasteiger partial charge in [-0.1, -0.05) is 29.3 Å². The number of aromatic amines is 1. The Balaban J connectivity index is 1.62. The van der Waals surface area contributed by atoms with E-state index in [4.69, 9.17) is 23.2 Å². The molecule has 0 saturated carbocycles. The molecule has 1 aliphatic heterocycles. The Labute approximate surface area is 159 Å². The van der Waals surface area contributed by atoms with Gasteiger partial charge < -0.3 is 15.6 Å². The van der Waals surface area contributed by atoms with Crippen molar-refractivity contribution in [2.75, 3.05) is 25.0 Å². The largest absolute Gasteiger partial charge is 0.354 e. The average Bonchev–Trinajstić information content (AvgIpc) is 3.23. The monoisotopic (exact) mass is 392 g/mol. The van der Waals surface area contributed by atoms with Crippen molar-refractivity contribution in [2.24, 2.45) is 5.92 Å². The number of nitrogens with zero attached hydrogens (tertiary/aromatic N) is 3. The fourth-order valence-electron chi connectivity index (χ4n) is 3.12. The van der Waals surface area contributed by atoms with Gasteiger partial charge in [-0.15, -0.1) is 0 Å². The van der Waals surface area contributed by atoms with Gasteiger partial charge in [0, 0.05) is 16.6 Å². The highest BCUT2D eigenvalue weighted by Crippen LogP contribution is 2.22. The lowest BCUT2D eigenvalue weighted by Gasteiger charge is -2.10. The Morgan fingerprint density at radius 1 is 1.35 bits per heavy atom. The second-order valence-corrected chi connectivity index (χ2v) is 7.27. The second kappa shape index (κ2) is 7.26. The summed E-state index contributed by atoms with van der Waals surface area (Å²) in [6.07, 6.45) is 2.76. The van der Waals surface area contributed by atoms with E-state index >= 15 is 0 Å². The number of benzene rings is 1. The molecule has 0 amide bonds. The van der Waals surface area contributed by atoms with Crippen LogP contribution in [0.5, 0.6) is 0 Å². The van der Waals surface area contributed by atoms with Crippen molar-refractivity contribution < 1.29 is 0 Å². The SMILES string of the molecule is O=c1[nH]c2cnc(NCC3CCNC3)nc2n1Cc1ccc(Cl)cc1Cl. The Hall–Kier alpha value is -2.09. The molecule has 0 aliphatic carbocycles. The maximum atomic E-state index is 12.3. The zero-order chi connectivity index (χ0) is 18.1. The molecule has 0 spiro atoms. The molecule has 7 nitrogen and oxygen atoms in total. The third-order valence-corrected chi connectivity index (χ3v) is 5.15. The average molecular weight is 393 g/mol. The van der Waals surface area contributed by atoms with E-state index in [0.29, 0.717) is 39.6 Å². The predicted octanol–water partition coefficient (Wildman–Crippen LogP) is 2.50. The molecular weight excluding hydrogens is 375 g/mol. The van der Waals surface area contributed by atoms with Gasteiger partial charge in [-0.3, -0.25) is 4.57 Å². The summed E-state index contributed by atoms with van der Waals surface area (Å²) in [4.78, 5) is 23.9. The summed E-state index contributed by atoms with van der Waals surface area (Å²) in [5, 5.41) is 7.67. The molecule has 1 aliphatic rings. The first-order valence-electron chi connectivity index (χ1n) is 8.44. The van der Waals surface area contributed by atoms with E-state index in [-0.39, 0.29) is 5.69 Å². The molecule has 1 aromatic carbocycles. The number of hydrogen-bond acceptors (Lipinski definition) is 5. The number of imidazole rings is 1. The molecule has 26 heavy (non-hydrogen) atoms. The maximum Gasteiger partial charge on any atom is 0.328 e. The molecule has 1 saturated heterocycles. The van der Waals surface area contributed by atoms with Gasteiger partial charge in [0.15, 0.2) is 5.65 Å². The van der Waals surface area contributed by atoms with E-state index in [1.165, 1.54) is 0 Å². The van der Waals surface area contributed by atoms with Crippen molar-refractivity contribution in [3.8, 4) is 0 Å². The highest BCUT2D eigenvalue weighted by Gasteiger charge is 2.16. The van der Waals surface area contributed by atoms with Crippen molar-refractivity contribution in [1.29, 1.82) is 0 Å². The second-order valence-electron chi connectivity index (χ2n) is 6.42. The van der Waals surface area contributed by atoms with Gasteiger partial charge >= 0.3 is 5.69 Å². The number of rotatable bonds is 5. The minimum atomic E-state index is -0.252. The van der Waals surface area contributed by atoms with E-state index < -0.39 is 0 Å². The fraction of sp³-hybridized carbons (Fsp3) is 0.353. The van der Waals surface area contributed by atoms with Gasteiger partial charge in [0.2, 0.25) is 5.95 Å². The van der Waals surface area contributed by atoms with Crippen LogP contribution in [0.2, 0.25) is 10.0 Å². The Morgan fingerprint density at radius 2 is 2.23 bits per heavy atom. The van der Waals surface area contributed by atoms with Crippen LogP contribution >= 0.6 is 23.2 Å². The van der Waals surface area contributed by atoms with Crippen LogP contribution in [0.1, 0.15) is 12.0 Å². The Kier molecular flexibility index (Phi) is 4.84. The van der Waals surface area contributed by atoms with Crippen molar-refractivity contribution >= 4 is 40.3 Å². The van der Waals surface area contributed by atoms with Crippen LogP contribution in [0.25, 0.3) is 11.2 Å². The summed E-state index contributed by atoms with van der Waals surface area (Å²) in [5.41, 5.74) is 1.68. The minimum Gasteiger partial charge on any atom is -0.354 e. The quantitative estimate of drug-likeness (QED) is 0.620. The Morgan fingerprint density at radius 3 is 3.00 bits per heavy atom. The molecule has 3 heterocycles. The Bertz CT molecular complexity index is 993. The van der Waals surface area contributed by atoms with Gasteiger partial charge in [-0.25, -0.2) is 9.78 Å². The van der Waals surface area contributed by atoms with Gasteiger partial charge in [-0.05, 0) is 43.1 Å². The zero-order valence-electron chi connectivity index (χ0n) is 13.9. The highest BCUT2D eigenvalue weighted by molar-refractivity contribution is 6.35. The maximum absolute atomic E-state index is 12.3. The first kappa shape index (κ1) is 17.3. The lowest BCUT2D eigenvalue weighted by molar-refractivity contribution is 0.613. The first-order chi connectivity index (χ1) is 12.6. The van der Waals surface area contributed by atoms with Gasteiger partial charge in [-0.2, -0.15) is 4.98 Å². The van der Waals surface area contributed by atoms with Gasteiger partial charge in [0.25, 0.3) is 0 Å². The smallest absolute Gasteiger partial charge is 0.328 e. The number of hydrogen-bond donors (Lipinski definition) is 3. The standard InChI is InChI=1S/C17H18Cl2N6O/c18-12-2-1-11(13(19)5-12)9-25-15-14(23-17(25)26)8-22-16(24-15)21-7-10-3-4-20-6-10/h1-2,5,8,10,20H,3-4,6-7,9H2,(H,23,26)(H,21,22,24). The molecule has 9 heteroatoms. The first-order valence-corrected chi connectivity index (χ1v) is 9.20. The molecule has 1 atom stereocenters. The van der Waals surface area contributed by atoms with Crippen molar-refractivity contribution in [2.45, 2.75) is 13.0 Å². The summed E-state index contributed by atoms with van der Waals surface area (Å²) < 4.78 is 1.55. The van der Waals surface area contributed by atoms with Crippen LogP contribution in [0.4, 0.5) is 5.95 Å². The van der Waals surface area contributed by atoms with Gasteiger partial charge in [0.05, 0.1) is 12.7 Å². The lowest BCUT2D eigenvalue weighted by atomic mass is 10.1. The summed E-state index contributed by atoms with van der Waals surface area (Å²) in [5.74, 6) is 1.08. The van der Waals surface area contributed by atoms with Crippen molar-refractivity contribution in [3.05, 3.63) is 50.5 Å². The molecule has 2 aromatic heterocycles. The van der Waals surface area contributed by atoms with Crippen LogP contribution < -0.4 is 16.3 Å². The summed E-state index contributed by atoms with van der Waals surface area (Å²) in [7, 11) is 0. The molecule has 3 N–H and O–H groups in total. The minimum absolute atomic E-state index is 0.252. The number of aromatic nitrogens is 4. The van der Waals surface area contributed by atoms with E-state index in [1.807, 2.05) is 6.07 Å². The summed E-state index contributed by atoms with van der Waals surface area (Å²) >= 11 is 12.2. The molecule has 1 unspecified atom stereocenters. The molecular formula is C17H18Cl2N6O. The van der Waals surface area contributed by atoms with E-state index in [9.17, 15) is 4.79 Å². The number of anilines is 1. The molecule has 0 bridgehead atoms. The van der Waals surface area contributed by atoms with Crippen LogP contribution in [-0.4, -0.2) is 39.2 Å². The third kappa shape index (κ3) is 3.56. The van der Waals surface area contributed by atoms with Crippen molar-refractivity contribution in [1.82, 2.24) is 24.8 Å². The molecule has 136 valence electrons. The van der Waals surface area contributed by atoms with E-state index in [1.54, 1.807) is 22.9 Å². The topological polar surface area (TPSA) is 87.6 Å².